The van der Waals surface area contributed by atoms with Crippen LogP contribution in [-0.4, -0.2) is 85.9 Å². The van der Waals surface area contributed by atoms with Crippen molar-refractivity contribution in [3.8, 4) is 0 Å². The van der Waals surface area contributed by atoms with Gasteiger partial charge in [0, 0.05) is 38.3 Å². The second kappa shape index (κ2) is 14.2. The zero-order valence-electron chi connectivity index (χ0n) is 18.7. The van der Waals surface area contributed by atoms with E-state index in [9.17, 15) is 14.7 Å². The first-order valence-electron chi connectivity index (χ1n) is 10.5. The highest BCUT2D eigenvalue weighted by Crippen LogP contribution is 2.08. The predicted molar refractivity (Wildman–Crippen MR) is 134 cm³/mol. The average molecular weight is 562 g/mol. The van der Waals surface area contributed by atoms with Crippen molar-refractivity contribution in [1.82, 2.24) is 20.9 Å². The van der Waals surface area contributed by atoms with Crippen molar-refractivity contribution in [2.75, 3.05) is 52.5 Å². The average Bonchev–Trinajstić information content (AvgIpc) is 2.74. The zero-order valence-corrected chi connectivity index (χ0v) is 21.1. The van der Waals surface area contributed by atoms with E-state index in [4.69, 9.17) is 10.5 Å². The van der Waals surface area contributed by atoms with Crippen molar-refractivity contribution in [2.45, 2.75) is 26.0 Å². The van der Waals surface area contributed by atoms with E-state index in [0.29, 0.717) is 50.9 Å². The summed E-state index contributed by atoms with van der Waals surface area (Å²) in [5.74, 6) is -0.342. The second-order valence-electron chi connectivity index (χ2n) is 7.78. The fourth-order valence-electron chi connectivity index (χ4n) is 3.11. The molecule has 1 saturated heterocycles. The first kappa shape index (κ1) is 28.1. The lowest BCUT2D eigenvalue weighted by Crippen LogP contribution is -2.52. The molecule has 0 aromatic heterocycles. The maximum atomic E-state index is 11.9. The molecule has 1 heterocycles. The Balaban J connectivity index is 0.00000512. The molecule has 0 aliphatic carbocycles. The van der Waals surface area contributed by atoms with Crippen molar-refractivity contribution in [3.05, 3.63) is 35.4 Å². The van der Waals surface area contributed by atoms with Gasteiger partial charge in [-0.05, 0) is 31.5 Å². The minimum Gasteiger partial charge on any atom is -0.387 e. The molecule has 180 valence electrons. The number of hydrogen-bond acceptors (Lipinski definition) is 6. The normalized spacial score (nSPS) is 16.4. The number of halogens is 1. The van der Waals surface area contributed by atoms with Gasteiger partial charge in [-0.2, -0.15) is 0 Å². The van der Waals surface area contributed by atoms with Crippen LogP contribution in [0.1, 0.15) is 29.8 Å². The number of primary amides is 1. The van der Waals surface area contributed by atoms with Gasteiger partial charge in [0.1, 0.15) is 0 Å². The first-order valence-corrected chi connectivity index (χ1v) is 10.5. The van der Waals surface area contributed by atoms with Gasteiger partial charge in [0.15, 0.2) is 5.96 Å². The maximum Gasteiger partial charge on any atom is 0.251 e. The number of ether oxygens (including phenoxy) is 1. The summed E-state index contributed by atoms with van der Waals surface area (Å²) in [6.45, 7) is 8.62. The van der Waals surface area contributed by atoms with Crippen molar-refractivity contribution >= 4 is 41.8 Å². The summed E-state index contributed by atoms with van der Waals surface area (Å²) in [7, 11) is 0. The zero-order chi connectivity index (χ0) is 22.7. The molecule has 1 aliphatic rings. The smallest absolute Gasteiger partial charge is 0.251 e. The SMILES string of the molecule is CCNC(=NCc1ccc(C(=O)NCC(N)=O)cc1)NCC(C)(O)CN1CCOCC1.I. The second-order valence-corrected chi connectivity index (χ2v) is 7.78. The lowest BCUT2D eigenvalue weighted by Gasteiger charge is -2.34. The Morgan fingerprint density at radius 2 is 1.84 bits per heavy atom. The first-order chi connectivity index (χ1) is 14.8. The molecule has 0 radical (unpaired) electrons. The number of nitrogens with zero attached hydrogens (tertiary/aromatic N) is 2. The highest BCUT2D eigenvalue weighted by atomic mass is 127. The number of amides is 2. The summed E-state index contributed by atoms with van der Waals surface area (Å²) in [5.41, 5.74) is 5.48. The predicted octanol–water partition coefficient (Wildman–Crippen LogP) is -0.342. The number of guanidine groups is 1. The molecule has 0 spiro atoms. The molecule has 2 amide bonds. The summed E-state index contributed by atoms with van der Waals surface area (Å²) in [6, 6.07) is 6.96. The number of rotatable bonds is 10. The topological polar surface area (TPSA) is 141 Å². The molecule has 1 fully saturated rings. The van der Waals surface area contributed by atoms with Gasteiger partial charge < -0.3 is 31.5 Å². The number of nitrogens with one attached hydrogen (secondary N) is 3. The maximum absolute atomic E-state index is 11.9. The Bertz CT molecular complexity index is 751. The molecule has 1 aromatic carbocycles. The number of aliphatic hydroxyl groups is 1. The molecule has 10 nitrogen and oxygen atoms in total. The largest absolute Gasteiger partial charge is 0.387 e. The third-order valence-electron chi connectivity index (χ3n) is 4.71. The number of morpholine rings is 1. The number of carbonyl (C=O) groups excluding carboxylic acids is 2. The Kier molecular flexibility index (Phi) is 12.5. The van der Waals surface area contributed by atoms with E-state index >= 15 is 0 Å². The Hall–Kier alpha value is -1.96. The number of carbonyl (C=O) groups is 2. The molecule has 1 aliphatic heterocycles. The van der Waals surface area contributed by atoms with E-state index in [1.165, 1.54) is 0 Å². The van der Waals surface area contributed by atoms with Crippen LogP contribution in [0.5, 0.6) is 0 Å². The van der Waals surface area contributed by atoms with Crippen molar-refractivity contribution in [2.24, 2.45) is 10.7 Å². The molecule has 11 heteroatoms. The fourth-order valence-corrected chi connectivity index (χ4v) is 3.11. The highest BCUT2D eigenvalue weighted by Gasteiger charge is 2.25. The minimum absolute atomic E-state index is 0. The quantitative estimate of drug-likeness (QED) is 0.149. The van der Waals surface area contributed by atoms with Crippen molar-refractivity contribution < 1.29 is 19.4 Å². The Morgan fingerprint density at radius 1 is 1.19 bits per heavy atom. The van der Waals surface area contributed by atoms with E-state index in [1.807, 2.05) is 6.92 Å². The number of nitrogens with two attached hydrogens (primary N) is 1. The molecule has 0 saturated carbocycles. The molecule has 1 unspecified atom stereocenters. The van der Waals surface area contributed by atoms with E-state index < -0.39 is 11.5 Å². The van der Waals surface area contributed by atoms with Gasteiger partial charge in [-0.15, -0.1) is 24.0 Å². The van der Waals surface area contributed by atoms with Crippen LogP contribution < -0.4 is 21.7 Å². The summed E-state index contributed by atoms with van der Waals surface area (Å²) in [4.78, 5) is 29.4. The minimum atomic E-state index is -0.909. The van der Waals surface area contributed by atoms with Crippen LogP contribution >= 0.6 is 24.0 Å². The van der Waals surface area contributed by atoms with Crippen molar-refractivity contribution in [1.29, 1.82) is 0 Å². The van der Waals surface area contributed by atoms with Crippen LogP contribution in [0.15, 0.2) is 29.3 Å². The number of hydrogen-bond donors (Lipinski definition) is 5. The van der Waals surface area contributed by atoms with Gasteiger partial charge in [-0.25, -0.2) is 4.99 Å². The van der Waals surface area contributed by atoms with E-state index in [-0.39, 0.29) is 36.4 Å². The highest BCUT2D eigenvalue weighted by molar-refractivity contribution is 14.0. The van der Waals surface area contributed by atoms with Crippen molar-refractivity contribution in [3.63, 3.8) is 0 Å². The fraction of sp³-hybridized carbons (Fsp3) is 0.571. The van der Waals surface area contributed by atoms with Crippen LogP contribution in [0.4, 0.5) is 0 Å². The molecular weight excluding hydrogens is 527 g/mol. The lowest BCUT2D eigenvalue weighted by atomic mass is 10.1. The van der Waals surface area contributed by atoms with Gasteiger partial charge in [0.05, 0.1) is 31.9 Å². The van der Waals surface area contributed by atoms with Gasteiger partial charge in [0.25, 0.3) is 5.91 Å². The van der Waals surface area contributed by atoms with E-state index in [0.717, 1.165) is 18.7 Å². The molecule has 6 N–H and O–H groups in total. The van der Waals surface area contributed by atoms with Gasteiger partial charge >= 0.3 is 0 Å². The summed E-state index contributed by atoms with van der Waals surface area (Å²) in [5, 5.41) is 19.6. The monoisotopic (exact) mass is 562 g/mol. The Morgan fingerprint density at radius 3 is 2.44 bits per heavy atom. The molecular formula is C21H35IN6O4. The van der Waals surface area contributed by atoms with Crippen LogP contribution in [0, 0.1) is 0 Å². The van der Waals surface area contributed by atoms with Crippen LogP contribution in [0.3, 0.4) is 0 Å². The number of benzene rings is 1. The van der Waals surface area contributed by atoms with Gasteiger partial charge in [0.2, 0.25) is 5.91 Å². The molecule has 32 heavy (non-hydrogen) atoms. The summed E-state index contributed by atoms with van der Waals surface area (Å²) >= 11 is 0. The number of β-amino-alcohol motifs (C(OH)–C–C–N with tert-alkyl or cyclic N) is 1. The third-order valence-corrected chi connectivity index (χ3v) is 4.71. The standard InChI is InChI=1S/C21H34N6O4.HI/c1-3-23-20(26-14-21(2,30)15-27-8-10-31-11-9-27)25-12-16-4-6-17(7-5-16)19(29)24-13-18(22)28;/h4-7,30H,3,8-15H2,1-2H3,(H2,22,28)(H,24,29)(H2,23,25,26);1H. The molecule has 1 atom stereocenters. The number of aliphatic imine (C=N–C) groups is 1. The lowest BCUT2D eigenvalue weighted by molar-refractivity contribution is -0.117. The van der Waals surface area contributed by atoms with Crippen LogP contribution in [-0.2, 0) is 16.1 Å². The van der Waals surface area contributed by atoms with Crippen LogP contribution in [0.2, 0.25) is 0 Å². The Labute approximate surface area is 206 Å². The molecule has 1 aromatic rings. The third kappa shape index (κ3) is 10.6. The van der Waals surface area contributed by atoms with E-state index in [1.54, 1.807) is 31.2 Å². The summed E-state index contributed by atoms with van der Waals surface area (Å²) in [6.07, 6.45) is 0. The van der Waals surface area contributed by atoms with Gasteiger partial charge in [-0.1, -0.05) is 12.1 Å². The molecule has 2 rings (SSSR count). The van der Waals surface area contributed by atoms with Gasteiger partial charge in [-0.3, -0.25) is 14.5 Å². The summed E-state index contributed by atoms with van der Waals surface area (Å²) < 4.78 is 5.35. The molecule has 0 bridgehead atoms. The van der Waals surface area contributed by atoms with E-state index in [2.05, 4.69) is 25.8 Å². The van der Waals surface area contributed by atoms with Crippen LogP contribution in [0.25, 0.3) is 0 Å².